The lowest BCUT2D eigenvalue weighted by molar-refractivity contribution is 0.0812. The van der Waals surface area contributed by atoms with Gasteiger partial charge < -0.3 is 5.32 Å². The average molecular weight is 259 g/mol. The van der Waals surface area contributed by atoms with Crippen LogP contribution in [-0.4, -0.2) is 30.0 Å². The molecule has 1 aliphatic heterocycles. The van der Waals surface area contributed by atoms with E-state index in [1.807, 2.05) is 19.3 Å². The van der Waals surface area contributed by atoms with Crippen LogP contribution in [0.25, 0.3) is 0 Å². The quantitative estimate of drug-likeness (QED) is 0.904. The van der Waals surface area contributed by atoms with E-state index in [0.29, 0.717) is 0 Å². The van der Waals surface area contributed by atoms with E-state index in [2.05, 4.69) is 21.3 Å². The van der Waals surface area contributed by atoms with Gasteiger partial charge in [0.2, 0.25) is 0 Å². The molecule has 1 aliphatic carbocycles. The lowest BCUT2D eigenvalue weighted by atomic mass is 9.75. The zero-order valence-electron chi connectivity index (χ0n) is 11.9. The molecule has 3 rings (SSSR count). The van der Waals surface area contributed by atoms with Gasteiger partial charge in [-0.25, -0.2) is 0 Å². The van der Waals surface area contributed by atoms with Crippen LogP contribution in [0, 0.1) is 11.8 Å². The van der Waals surface area contributed by atoms with Gasteiger partial charge in [-0.05, 0) is 43.4 Å². The maximum Gasteiger partial charge on any atom is 0.0564 e. The predicted molar refractivity (Wildman–Crippen MR) is 79.1 cm³/mol. The Labute approximate surface area is 116 Å². The summed E-state index contributed by atoms with van der Waals surface area (Å²) in [5.41, 5.74) is 2.36. The van der Waals surface area contributed by atoms with Crippen LogP contribution >= 0.6 is 0 Å². The van der Waals surface area contributed by atoms with Crippen molar-refractivity contribution < 1.29 is 0 Å². The molecule has 3 nitrogen and oxygen atoms in total. The highest BCUT2D eigenvalue weighted by molar-refractivity contribution is 5.42. The van der Waals surface area contributed by atoms with Gasteiger partial charge >= 0.3 is 0 Å². The number of hydrogen-bond acceptors (Lipinski definition) is 3. The third kappa shape index (κ3) is 3.08. The largest absolute Gasteiger partial charge is 0.388 e. The van der Waals surface area contributed by atoms with E-state index >= 15 is 0 Å². The molecule has 0 bridgehead atoms. The molecule has 104 valence electrons. The van der Waals surface area contributed by atoms with Crippen molar-refractivity contribution in [2.45, 2.75) is 38.6 Å². The molecule has 3 heteroatoms. The summed E-state index contributed by atoms with van der Waals surface area (Å²) in [5, 5.41) is 3.19. The van der Waals surface area contributed by atoms with Crippen molar-refractivity contribution in [3.8, 4) is 0 Å². The van der Waals surface area contributed by atoms with Crippen LogP contribution in [0.3, 0.4) is 0 Å². The Hall–Kier alpha value is -1.09. The van der Waals surface area contributed by atoms with Crippen LogP contribution in [0.1, 0.15) is 37.8 Å². The topological polar surface area (TPSA) is 28.2 Å². The third-order valence-corrected chi connectivity index (χ3v) is 4.87. The molecule has 2 atom stereocenters. The molecule has 1 aromatic heterocycles. The molecule has 0 radical (unpaired) electrons. The highest BCUT2D eigenvalue weighted by Crippen LogP contribution is 2.36. The van der Waals surface area contributed by atoms with Crippen LogP contribution in [0.4, 0.5) is 5.69 Å². The van der Waals surface area contributed by atoms with Crippen molar-refractivity contribution in [2.75, 3.05) is 25.5 Å². The van der Waals surface area contributed by atoms with Crippen LogP contribution in [0.15, 0.2) is 18.3 Å². The Kier molecular flexibility index (Phi) is 4.02. The van der Waals surface area contributed by atoms with E-state index in [4.69, 9.17) is 0 Å². The van der Waals surface area contributed by atoms with Gasteiger partial charge in [0.1, 0.15) is 0 Å². The zero-order valence-corrected chi connectivity index (χ0v) is 11.9. The minimum Gasteiger partial charge on any atom is -0.388 e. The number of piperidine rings is 1. The van der Waals surface area contributed by atoms with Crippen molar-refractivity contribution >= 4 is 5.69 Å². The number of fused-ring (bicyclic) bond motifs is 1. The summed E-state index contributed by atoms with van der Waals surface area (Å²) in [6, 6.07) is 4.20. The van der Waals surface area contributed by atoms with Crippen LogP contribution in [-0.2, 0) is 6.54 Å². The molecule has 0 spiro atoms. The maximum atomic E-state index is 4.50. The first-order valence-corrected chi connectivity index (χ1v) is 7.70. The summed E-state index contributed by atoms with van der Waals surface area (Å²) in [5.74, 6) is 1.97. The van der Waals surface area contributed by atoms with E-state index in [1.54, 1.807) is 0 Å². The number of rotatable bonds is 3. The van der Waals surface area contributed by atoms with Gasteiger partial charge in [-0.3, -0.25) is 9.88 Å². The summed E-state index contributed by atoms with van der Waals surface area (Å²) < 4.78 is 0. The van der Waals surface area contributed by atoms with Gasteiger partial charge in [-0.1, -0.05) is 19.3 Å². The first-order valence-electron chi connectivity index (χ1n) is 7.70. The number of nitrogens with zero attached hydrogens (tertiary/aromatic N) is 2. The van der Waals surface area contributed by atoms with Crippen LogP contribution in [0.2, 0.25) is 0 Å². The van der Waals surface area contributed by atoms with Gasteiger partial charge in [0, 0.05) is 32.0 Å². The molecule has 2 fully saturated rings. The number of pyridine rings is 1. The van der Waals surface area contributed by atoms with Crippen molar-refractivity contribution in [3.05, 3.63) is 24.0 Å². The number of nitrogens with one attached hydrogen (secondary N) is 1. The second-order valence-corrected chi connectivity index (χ2v) is 6.11. The second-order valence-electron chi connectivity index (χ2n) is 6.11. The summed E-state index contributed by atoms with van der Waals surface area (Å²) >= 11 is 0. The molecule has 1 saturated heterocycles. The Balaban J connectivity index is 1.60. The monoisotopic (exact) mass is 259 g/mol. The van der Waals surface area contributed by atoms with E-state index < -0.39 is 0 Å². The molecule has 19 heavy (non-hydrogen) atoms. The zero-order chi connectivity index (χ0) is 13.1. The molecule has 1 N–H and O–H groups in total. The first-order chi connectivity index (χ1) is 9.35. The lowest BCUT2D eigenvalue weighted by Crippen LogP contribution is -2.41. The summed E-state index contributed by atoms with van der Waals surface area (Å²) in [4.78, 5) is 7.11. The normalized spacial score (nSPS) is 27.8. The van der Waals surface area contributed by atoms with E-state index in [9.17, 15) is 0 Å². The van der Waals surface area contributed by atoms with Gasteiger partial charge in [0.25, 0.3) is 0 Å². The molecule has 2 aliphatic rings. The van der Waals surface area contributed by atoms with E-state index in [1.165, 1.54) is 50.9 Å². The fourth-order valence-electron chi connectivity index (χ4n) is 3.77. The Bertz CT molecular complexity index is 418. The van der Waals surface area contributed by atoms with Gasteiger partial charge in [-0.15, -0.1) is 0 Å². The molecule has 2 heterocycles. The van der Waals surface area contributed by atoms with Crippen molar-refractivity contribution in [2.24, 2.45) is 11.8 Å². The maximum absolute atomic E-state index is 4.50. The van der Waals surface area contributed by atoms with Crippen molar-refractivity contribution in [1.29, 1.82) is 0 Å². The smallest absolute Gasteiger partial charge is 0.0564 e. The molecular formula is C16H25N3. The van der Waals surface area contributed by atoms with Crippen molar-refractivity contribution in [1.82, 2.24) is 9.88 Å². The summed E-state index contributed by atoms with van der Waals surface area (Å²) in [6.07, 6.45) is 9.15. The van der Waals surface area contributed by atoms with Crippen LogP contribution < -0.4 is 5.32 Å². The molecule has 1 saturated carbocycles. The van der Waals surface area contributed by atoms with Gasteiger partial charge in [0.05, 0.1) is 5.69 Å². The highest BCUT2D eigenvalue weighted by atomic mass is 15.1. The van der Waals surface area contributed by atoms with Gasteiger partial charge in [-0.2, -0.15) is 0 Å². The Morgan fingerprint density at radius 1 is 1.26 bits per heavy atom. The number of likely N-dealkylation sites (tertiary alicyclic amines) is 1. The SMILES string of the molecule is CNc1ccnc(CN2CCC3CCCCC3C2)c1. The number of anilines is 1. The predicted octanol–water partition coefficient (Wildman–Crippen LogP) is 3.14. The number of aromatic nitrogens is 1. The molecule has 0 amide bonds. The van der Waals surface area contributed by atoms with Crippen LogP contribution in [0.5, 0.6) is 0 Å². The van der Waals surface area contributed by atoms with E-state index in [0.717, 1.165) is 24.1 Å². The second kappa shape index (κ2) is 5.91. The lowest BCUT2D eigenvalue weighted by Gasteiger charge is -2.41. The minimum absolute atomic E-state index is 0.954. The standard InChI is InChI=1S/C16H25N3/c1-17-15-6-8-18-16(10-15)12-19-9-7-13-4-2-3-5-14(13)11-19/h6,8,10,13-14H,2-5,7,9,11-12H2,1H3,(H,17,18). The summed E-state index contributed by atoms with van der Waals surface area (Å²) in [7, 11) is 1.96. The molecule has 0 aromatic carbocycles. The number of hydrogen-bond donors (Lipinski definition) is 1. The average Bonchev–Trinajstić information content (AvgIpc) is 2.47. The summed E-state index contributed by atoms with van der Waals surface area (Å²) in [6.45, 7) is 3.56. The fraction of sp³-hybridized carbons (Fsp3) is 0.688. The Morgan fingerprint density at radius 2 is 2.11 bits per heavy atom. The first kappa shape index (κ1) is 12.9. The van der Waals surface area contributed by atoms with Crippen molar-refractivity contribution in [3.63, 3.8) is 0 Å². The molecule has 2 unspecified atom stereocenters. The Morgan fingerprint density at radius 3 is 2.95 bits per heavy atom. The highest BCUT2D eigenvalue weighted by Gasteiger charge is 2.30. The molecule has 1 aromatic rings. The van der Waals surface area contributed by atoms with Gasteiger partial charge in [0.15, 0.2) is 0 Å². The minimum atomic E-state index is 0.954. The fourth-order valence-corrected chi connectivity index (χ4v) is 3.77. The molecular weight excluding hydrogens is 234 g/mol. The van der Waals surface area contributed by atoms with E-state index in [-0.39, 0.29) is 0 Å². The third-order valence-electron chi connectivity index (χ3n) is 4.87.